The molecule has 0 unspecified atom stereocenters. The Morgan fingerprint density at radius 3 is 2.36 bits per heavy atom. The highest BCUT2D eigenvalue weighted by molar-refractivity contribution is 6.04. The van der Waals surface area contributed by atoms with E-state index in [0.717, 1.165) is 13.1 Å². The zero-order valence-corrected chi connectivity index (χ0v) is 9.17. The van der Waals surface area contributed by atoms with Crippen molar-refractivity contribution in [2.45, 2.75) is 39.8 Å². The summed E-state index contributed by atoms with van der Waals surface area (Å²) in [6, 6.07) is 4.61. The maximum atomic E-state index is 5.79. The van der Waals surface area contributed by atoms with Crippen molar-refractivity contribution < 1.29 is 0 Å². The molecule has 0 saturated heterocycles. The smallest absolute Gasteiger partial charge is 0.183 e. The molecule has 1 aromatic rings. The van der Waals surface area contributed by atoms with E-state index in [4.69, 9.17) is 7.98 Å². The summed E-state index contributed by atoms with van der Waals surface area (Å²) < 4.78 is 0. The van der Waals surface area contributed by atoms with Gasteiger partial charge in [-0.25, -0.2) is 0 Å². The standard InChI is InChI=1S/C12H16BN/c1-8(2)12-5-11-7-14(13)6-10(11)4-9(12)3/h4-5,8H,6-7H2,1-3H3. The molecule has 1 aliphatic heterocycles. The van der Waals surface area contributed by atoms with Crippen LogP contribution in [0.2, 0.25) is 0 Å². The molecule has 0 spiro atoms. The van der Waals surface area contributed by atoms with E-state index >= 15 is 0 Å². The molecule has 0 amide bonds. The van der Waals surface area contributed by atoms with Gasteiger partial charge in [0.2, 0.25) is 0 Å². The van der Waals surface area contributed by atoms with Crippen molar-refractivity contribution in [2.75, 3.05) is 0 Å². The van der Waals surface area contributed by atoms with E-state index in [1.165, 1.54) is 22.3 Å². The molecule has 0 aliphatic carbocycles. The number of rotatable bonds is 1. The van der Waals surface area contributed by atoms with Gasteiger partial charge >= 0.3 is 0 Å². The van der Waals surface area contributed by atoms with Crippen LogP contribution in [0.15, 0.2) is 12.1 Å². The number of aryl methyl sites for hydroxylation is 1. The van der Waals surface area contributed by atoms with Crippen LogP contribution in [0.4, 0.5) is 0 Å². The van der Waals surface area contributed by atoms with Gasteiger partial charge in [-0.15, -0.1) is 0 Å². The molecule has 1 nitrogen and oxygen atoms in total. The Morgan fingerprint density at radius 2 is 1.79 bits per heavy atom. The highest BCUT2D eigenvalue weighted by Crippen LogP contribution is 2.28. The third kappa shape index (κ3) is 1.59. The summed E-state index contributed by atoms with van der Waals surface area (Å²) in [5.74, 6) is 0.604. The van der Waals surface area contributed by atoms with Gasteiger partial charge in [0.25, 0.3) is 0 Å². The van der Waals surface area contributed by atoms with Crippen molar-refractivity contribution in [2.24, 2.45) is 0 Å². The summed E-state index contributed by atoms with van der Waals surface area (Å²) in [7, 11) is 5.79. The molecule has 0 N–H and O–H groups in total. The Labute approximate surface area is 87.5 Å². The van der Waals surface area contributed by atoms with Crippen LogP contribution in [0, 0.1) is 6.92 Å². The van der Waals surface area contributed by atoms with E-state index in [2.05, 4.69) is 32.9 Å². The van der Waals surface area contributed by atoms with Crippen LogP contribution in [0.5, 0.6) is 0 Å². The van der Waals surface area contributed by atoms with Gasteiger partial charge < -0.3 is 4.81 Å². The Balaban J connectivity index is 2.45. The van der Waals surface area contributed by atoms with Crippen molar-refractivity contribution in [1.82, 2.24) is 4.81 Å². The van der Waals surface area contributed by atoms with Gasteiger partial charge in [-0.3, -0.25) is 0 Å². The zero-order chi connectivity index (χ0) is 10.3. The number of fused-ring (bicyclic) bond motifs is 1. The second-order valence-corrected chi connectivity index (χ2v) is 4.54. The average Bonchev–Trinajstić information content (AvgIpc) is 2.42. The highest BCUT2D eigenvalue weighted by Gasteiger charge is 2.17. The summed E-state index contributed by atoms with van der Waals surface area (Å²) >= 11 is 0. The van der Waals surface area contributed by atoms with Crippen LogP contribution >= 0.6 is 0 Å². The van der Waals surface area contributed by atoms with Gasteiger partial charge in [-0.2, -0.15) is 0 Å². The number of benzene rings is 1. The Kier molecular flexibility index (Phi) is 2.40. The van der Waals surface area contributed by atoms with Crippen molar-refractivity contribution >= 4 is 7.98 Å². The summed E-state index contributed by atoms with van der Waals surface area (Å²) in [5.41, 5.74) is 5.66. The Morgan fingerprint density at radius 1 is 1.21 bits per heavy atom. The molecule has 0 bridgehead atoms. The summed E-state index contributed by atoms with van der Waals surface area (Å²) in [6.45, 7) is 8.46. The van der Waals surface area contributed by atoms with Gasteiger partial charge in [0.15, 0.2) is 7.98 Å². The molecular weight excluding hydrogens is 169 g/mol. The van der Waals surface area contributed by atoms with Crippen molar-refractivity contribution in [1.29, 1.82) is 0 Å². The van der Waals surface area contributed by atoms with E-state index in [9.17, 15) is 0 Å². The van der Waals surface area contributed by atoms with Gasteiger partial charge in [0, 0.05) is 13.1 Å². The van der Waals surface area contributed by atoms with Crippen LogP contribution < -0.4 is 0 Å². The fraction of sp³-hybridized carbons (Fsp3) is 0.500. The van der Waals surface area contributed by atoms with E-state index in [1.54, 1.807) is 0 Å². The number of hydrogen-bond acceptors (Lipinski definition) is 1. The molecule has 14 heavy (non-hydrogen) atoms. The summed E-state index contributed by atoms with van der Waals surface area (Å²) in [6.07, 6.45) is 0. The third-order valence-electron chi connectivity index (χ3n) is 2.96. The molecule has 0 aromatic heterocycles. The molecule has 1 aromatic carbocycles. The SMILES string of the molecule is [B]N1Cc2cc(C)c(C(C)C)cc2C1. The predicted molar refractivity (Wildman–Crippen MR) is 60.3 cm³/mol. The molecule has 2 rings (SSSR count). The van der Waals surface area contributed by atoms with E-state index in [1.807, 2.05) is 4.81 Å². The van der Waals surface area contributed by atoms with Gasteiger partial charge in [0.1, 0.15) is 0 Å². The van der Waals surface area contributed by atoms with Crippen LogP contribution in [-0.4, -0.2) is 12.8 Å². The van der Waals surface area contributed by atoms with E-state index < -0.39 is 0 Å². The monoisotopic (exact) mass is 185 g/mol. The lowest BCUT2D eigenvalue weighted by atomic mass is 9.94. The molecule has 1 aliphatic rings. The molecule has 2 heteroatoms. The van der Waals surface area contributed by atoms with Crippen LogP contribution in [0.1, 0.15) is 42.0 Å². The fourth-order valence-corrected chi connectivity index (χ4v) is 2.24. The van der Waals surface area contributed by atoms with Crippen molar-refractivity contribution in [3.05, 3.63) is 34.4 Å². The summed E-state index contributed by atoms with van der Waals surface area (Å²) in [5, 5.41) is 0. The molecule has 1 heterocycles. The molecular formula is C12H16BN. The molecule has 2 radical (unpaired) electrons. The minimum atomic E-state index is 0.604. The Bertz CT molecular complexity index is 358. The predicted octanol–water partition coefficient (Wildman–Crippen LogP) is 2.52. The Hall–Kier alpha value is -0.755. The molecule has 0 saturated carbocycles. The summed E-state index contributed by atoms with van der Waals surface area (Å²) in [4.78, 5) is 1.87. The first-order valence-corrected chi connectivity index (χ1v) is 5.20. The van der Waals surface area contributed by atoms with Gasteiger partial charge in [-0.1, -0.05) is 26.0 Å². The minimum Gasteiger partial charge on any atom is -0.346 e. The maximum absolute atomic E-state index is 5.79. The normalized spacial score (nSPS) is 16.3. The van der Waals surface area contributed by atoms with Crippen LogP contribution in [0.3, 0.4) is 0 Å². The first-order valence-electron chi connectivity index (χ1n) is 5.20. The number of nitrogens with zero attached hydrogens (tertiary/aromatic N) is 1. The lowest BCUT2D eigenvalue weighted by Crippen LogP contribution is -2.09. The molecule has 72 valence electrons. The van der Waals surface area contributed by atoms with Crippen LogP contribution in [-0.2, 0) is 13.1 Å². The lowest BCUT2D eigenvalue weighted by Gasteiger charge is -2.11. The number of hydrogen-bond donors (Lipinski definition) is 0. The molecule has 0 fully saturated rings. The van der Waals surface area contributed by atoms with E-state index in [0.29, 0.717) is 5.92 Å². The second kappa shape index (κ2) is 3.43. The van der Waals surface area contributed by atoms with Crippen molar-refractivity contribution in [3.8, 4) is 0 Å². The first kappa shape index (κ1) is 9.79. The fourth-order valence-electron chi connectivity index (χ4n) is 2.24. The zero-order valence-electron chi connectivity index (χ0n) is 9.17. The topological polar surface area (TPSA) is 3.24 Å². The molecule has 0 atom stereocenters. The van der Waals surface area contributed by atoms with Crippen molar-refractivity contribution in [3.63, 3.8) is 0 Å². The second-order valence-electron chi connectivity index (χ2n) is 4.54. The third-order valence-corrected chi connectivity index (χ3v) is 2.96. The quantitative estimate of drug-likeness (QED) is 0.607. The highest BCUT2D eigenvalue weighted by atomic mass is 15.0. The van der Waals surface area contributed by atoms with Crippen LogP contribution in [0.25, 0.3) is 0 Å². The minimum absolute atomic E-state index is 0.604. The maximum Gasteiger partial charge on any atom is 0.183 e. The van der Waals surface area contributed by atoms with E-state index in [-0.39, 0.29) is 0 Å². The average molecular weight is 185 g/mol. The lowest BCUT2D eigenvalue weighted by molar-refractivity contribution is 0.488. The van der Waals surface area contributed by atoms with Gasteiger partial charge in [0.05, 0.1) is 0 Å². The largest absolute Gasteiger partial charge is 0.346 e. The first-order chi connectivity index (χ1) is 6.58. The van der Waals surface area contributed by atoms with Gasteiger partial charge in [-0.05, 0) is 35.1 Å².